The molecule has 0 heterocycles. The van der Waals surface area contributed by atoms with Crippen LogP contribution in [0.4, 0.5) is 0 Å². The Hall–Kier alpha value is -2.59. The number of carbonyl (C=O) groups is 1. The second kappa shape index (κ2) is 5.56. The van der Waals surface area contributed by atoms with Crippen molar-refractivity contribution in [3.05, 3.63) is 71.8 Å². The molecule has 0 bridgehead atoms. The molecule has 1 aliphatic rings. The van der Waals surface area contributed by atoms with E-state index in [4.69, 9.17) is 9.47 Å². The van der Waals surface area contributed by atoms with Crippen molar-refractivity contribution >= 4 is 11.5 Å². The van der Waals surface area contributed by atoms with E-state index in [-0.39, 0.29) is 0 Å². The van der Waals surface area contributed by atoms with Gasteiger partial charge in [-0.2, -0.15) is 0 Å². The van der Waals surface area contributed by atoms with E-state index in [9.17, 15) is 9.90 Å². The molecule has 0 saturated carbocycles. The molecule has 2 atom stereocenters. The maximum Gasteiger partial charge on any atom is 0.303 e. The summed E-state index contributed by atoms with van der Waals surface area (Å²) in [6, 6.07) is 14.7. The average Bonchev–Trinajstić information content (AvgIpc) is 2.58. The van der Waals surface area contributed by atoms with Crippen LogP contribution in [-0.2, 0) is 15.1 Å². The number of methoxy groups -OCH3 is 1. The van der Waals surface area contributed by atoms with Gasteiger partial charge in [0.1, 0.15) is 5.75 Å². The fourth-order valence-corrected chi connectivity index (χ4v) is 3.11. The molecule has 118 valence electrons. The number of aliphatic hydroxyl groups is 1. The molecule has 0 unspecified atom stereocenters. The van der Waals surface area contributed by atoms with Crippen LogP contribution in [0.15, 0.2) is 55.1 Å². The number of hydrogen-bond acceptors (Lipinski definition) is 4. The smallest absolute Gasteiger partial charge is 0.303 e. The summed E-state index contributed by atoms with van der Waals surface area (Å²) in [5, 5.41) is 11.3. The molecule has 0 saturated heterocycles. The number of carbonyl (C=O) groups excluding carboxylic acids is 1. The maximum atomic E-state index is 11.5. The van der Waals surface area contributed by atoms with Gasteiger partial charge < -0.3 is 14.6 Å². The molecule has 1 aliphatic carbocycles. The van der Waals surface area contributed by atoms with Crippen LogP contribution in [0.1, 0.15) is 29.7 Å². The second-order valence-corrected chi connectivity index (χ2v) is 5.52. The van der Waals surface area contributed by atoms with E-state index in [1.54, 1.807) is 19.2 Å². The first-order valence-electron chi connectivity index (χ1n) is 7.32. The standard InChI is InChI=1S/C19H18O4/c1-12(14-8-5-4-6-9-14)19(21)17-15(18(19)23-13(2)20)10-7-11-16(17)22-3/h4-11,18,21H,1H2,2-3H3/t18-,19+/m0/s1. The Balaban J connectivity index is 2.13. The van der Waals surface area contributed by atoms with Crippen LogP contribution in [0.5, 0.6) is 5.75 Å². The van der Waals surface area contributed by atoms with E-state index in [1.165, 1.54) is 6.92 Å². The van der Waals surface area contributed by atoms with E-state index < -0.39 is 17.7 Å². The van der Waals surface area contributed by atoms with Crippen molar-refractivity contribution in [2.45, 2.75) is 18.6 Å². The maximum absolute atomic E-state index is 11.5. The molecular weight excluding hydrogens is 292 g/mol. The molecule has 0 spiro atoms. The minimum atomic E-state index is -1.50. The largest absolute Gasteiger partial charge is 0.496 e. The van der Waals surface area contributed by atoms with Gasteiger partial charge >= 0.3 is 5.97 Å². The van der Waals surface area contributed by atoms with Crippen LogP contribution in [0.3, 0.4) is 0 Å². The Morgan fingerprint density at radius 2 is 1.87 bits per heavy atom. The van der Waals surface area contributed by atoms with E-state index in [2.05, 4.69) is 6.58 Å². The first-order chi connectivity index (χ1) is 11.0. The van der Waals surface area contributed by atoms with Gasteiger partial charge in [0, 0.05) is 18.1 Å². The molecule has 0 amide bonds. The molecule has 0 fully saturated rings. The monoisotopic (exact) mass is 310 g/mol. The van der Waals surface area contributed by atoms with Gasteiger partial charge in [0.15, 0.2) is 11.7 Å². The van der Waals surface area contributed by atoms with Gasteiger partial charge in [-0.15, -0.1) is 0 Å². The highest BCUT2D eigenvalue weighted by molar-refractivity contribution is 5.80. The van der Waals surface area contributed by atoms with Crippen LogP contribution in [0, 0.1) is 0 Å². The number of ether oxygens (including phenoxy) is 2. The third kappa shape index (κ3) is 2.23. The summed E-state index contributed by atoms with van der Waals surface area (Å²) in [6.45, 7) is 5.38. The summed E-state index contributed by atoms with van der Waals surface area (Å²) in [4.78, 5) is 11.5. The average molecular weight is 310 g/mol. The lowest BCUT2D eigenvalue weighted by Gasteiger charge is -2.47. The summed E-state index contributed by atoms with van der Waals surface area (Å²) in [7, 11) is 1.54. The molecule has 1 N–H and O–H groups in total. The molecule has 3 rings (SSSR count). The molecule has 2 aromatic rings. The molecule has 0 aromatic heterocycles. The normalized spacial score (nSPS) is 21.8. The minimum absolute atomic E-state index is 0.456. The fraction of sp³-hybridized carbons (Fsp3) is 0.211. The minimum Gasteiger partial charge on any atom is -0.496 e. The molecule has 4 heteroatoms. The van der Waals surface area contributed by atoms with Crippen LogP contribution in [0.25, 0.3) is 5.57 Å². The van der Waals surface area contributed by atoms with Gasteiger partial charge in [0.05, 0.1) is 7.11 Å². The highest BCUT2D eigenvalue weighted by Crippen LogP contribution is 2.59. The molecular formula is C19H18O4. The third-order valence-corrected chi connectivity index (χ3v) is 4.19. The van der Waals surface area contributed by atoms with Crippen molar-refractivity contribution in [3.63, 3.8) is 0 Å². The first kappa shape index (κ1) is 15.3. The molecule has 0 radical (unpaired) electrons. The van der Waals surface area contributed by atoms with Gasteiger partial charge in [-0.25, -0.2) is 0 Å². The highest BCUT2D eigenvalue weighted by atomic mass is 16.6. The lowest BCUT2D eigenvalue weighted by atomic mass is 9.65. The fourth-order valence-electron chi connectivity index (χ4n) is 3.11. The quantitative estimate of drug-likeness (QED) is 0.881. The third-order valence-electron chi connectivity index (χ3n) is 4.19. The number of fused-ring (bicyclic) bond motifs is 1. The Labute approximate surface area is 135 Å². The van der Waals surface area contributed by atoms with Crippen LogP contribution in [-0.4, -0.2) is 18.2 Å². The van der Waals surface area contributed by atoms with E-state index in [0.717, 1.165) is 11.1 Å². The zero-order valence-electron chi connectivity index (χ0n) is 13.1. The van der Waals surface area contributed by atoms with Gasteiger partial charge in [-0.05, 0) is 17.2 Å². The second-order valence-electron chi connectivity index (χ2n) is 5.52. The van der Waals surface area contributed by atoms with Crippen LogP contribution >= 0.6 is 0 Å². The van der Waals surface area contributed by atoms with Gasteiger partial charge in [-0.1, -0.05) is 49.0 Å². The van der Waals surface area contributed by atoms with Gasteiger partial charge in [0.2, 0.25) is 0 Å². The van der Waals surface area contributed by atoms with Crippen molar-refractivity contribution < 1.29 is 19.4 Å². The number of hydrogen-bond donors (Lipinski definition) is 1. The Morgan fingerprint density at radius 3 is 2.48 bits per heavy atom. The molecule has 4 nitrogen and oxygen atoms in total. The van der Waals surface area contributed by atoms with Crippen molar-refractivity contribution in [2.24, 2.45) is 0 Å². The first-order valence-corrected chi connectivity index (χ1v) is 7.32. The van der Waals surface area contributed by atoms with E-state index in [1.807, 2.05) is 36.4 Å². The summed E-state index contributed by atoms with van der Waals surface area (Å²) in [6.07, 6.45) is -0.794. The summed E-state index contributed by atoms with van der Waals surface area (Å²) in [5.41, 5.74) is 1.08. The van der Waals surface area contributed by atoms with Crippen molar-refractivity contribution in [1.82, 2.24) is 0 Å². The van der Waals surface area contributed by atoms with Crippen molar-refractivity contribution in [3.8, 4) is 5.75 Å². The number of esters is 1. The Kier molecular flexibility index (Phi) is 3.70. The number of rotatable bonds is 4. The summed E-state index contributed by atoms with van der Waals surface area (Å²) < 4.78 is 10.7. The van der Waals surface area contributed by atoms with Crippen LogP contribution in [0.2, 0.25) is 0 Å². The predicted octanol–water partition coefficient (Wildman–Crippen LogP) is 3.21. The number of benzene rings is 2. The Morgan fingerprint density at radius 1 is 1.17 bits per heavy atom. The van der Waals surface area contributed by atoms with Crippen molar-refractivity contribution in [2.75, 3.05) is 7.11 Å². The Bertz CT molecular complexity index is 766. The van der Waals surface area contributed by atoms with Crippen molar-refractivity contribution in [1.29, 1.82) is 0 Å². The lowest BCUT2D eigenvalue weighted by Crippen LogP contribution is -2.46. The zero-order chi connectivity index (χ0) is 16.6. The molecule has 2 aromatic carbocycles. The summed E-state index contributed by atoms with van der Waals surface area (Å²) in [5.74, 6) is 0.0910. The highest BCUT2D eigenvalue weighted by Gasteiger charge is 2.57. The molecule has 0 aliphatic heterocycles. The SMILES string of the molecule is C=C(c1ccccc1)[C@@]1(O)c2c(OC)cccc2[C@@H]1OC(C)=O. The van der Waals surface area contributed by atoms with E-state index in [0.29, 0.717) is 16.9 Å². The lowest BCUT2D eigenvalue weighted by molar-refractivity contribution is -0.165. The van der Waals surface area contributed by atoms with Gasteiger partial charge in [0.25, 0.3) is 0 Å². The topological polar surface area (TPSA) is 55.8 Å². The summed E-state index contributed by atoms with van der Waals surface area (Å²) >= 11 is 0. The van der Waals surface area contributed by atoms with Gasteiger partial charge in [-0.3, -0.25) is 4.79 Å². The van der Waals surface area contributed by atoms with E-state index >= 15 is 0 Å². The molecule has 23 heavy (non-hydrogen) atoms. The predicted molar refractivity (Wildman–Crippen MR) is 86.9 cm³/mol. The zero-order valence-corrected chi connectivity index (χ0v) is 13.1. The van der Waals surface area contributed by atoms with Crippen LogP contribution < -0.4 is 4.74 Å².